The summed E-state index contributed by atoms with van der Waals surface area (Å²) in [4.78, 5) is 32.9. The maximum absolute atomic E-state index is 13.5. The molecule has 1 aliphatic heterocycles. The fourth-order valence-electron chi connectivity index (χ4n) is 4.41. The molecule has 0 aliphatic carbocycles. The normalized spacial score (nSPS) is 17.2. The predicted octanol–water partition coefficient (Wildman–Crippen LogP) is 6.59. The predicted molar refractivity (Wildman–Crippen MR) is 143 cm³/mol. The van der Waals surface area contributed by atoms with Crippen LogP contribution in [0.3, 0.4) is 0 Å². The maximum atomic E-state index is 13.5. The molecular formula is C28H23ClN2O4S. The molecule has 36 heavy (non-hydrogen) atoms. The Morgan fingerprint density at radius 1 is 1.11 bits per heavy atom. The van der Waals surface area contributed by atoms with E-state index in [2.05, 4.69) is 4.98 Å². The number of aromatic nitrogens is 1. The van der Waals surface area contributed by atoms with E-state index in [0.717, 1.165) is 15.8 Å². The Bertz CT molecular complexity index is 1560. The molecule has 0 spiro atoms. The summed E-state index contributed by atoms with van der Waals surface area (Å²) in [5, 5.41) is 12.2. The fraction of sp³-hybridized carbons (Fsp3) is 0.179. The van der Waals surface area contributed by atoms with Crippen LogP contribution in [0, 0.1) is 13.8 Å². The third-order valence-corrected chi connectivity index (χ3v) is 7.38. The van der Waals surface area contributed by atoms with Gasteiger partial charge in [0.15, 0.2) is 5.13 Å². The summed E-state index contributed by atoms with van der Waals surface area (Å²) in [6.45, 7) is 6.19. The van der Waals surface area contributed by atoms with Gasteiger partial charge in [0.25, 0.3) is 5.78 Å². The number of halogens is 1. The van der Waals surface area contributed by atoms with Crippen LogP contribution in [-0.4, -0.2) is 28.4 Å². The molecule has 1 aromatic heterocycles. The van der Waals surface area contributed by atoms with Gasteiger partial charge in [-0.1, -0.05) is 52.8 Å². The Hall–Kier alpha value is -3.68. The number of hydrogen-bond acceptors (Lipinski definition) is 6. The molecule has 8 heteroatoms. The lowest BCUT2D eigenvalue weighted by molar-refractivity contribution is -0.132. The first kappa shape index (κ1) is 24.0. The van der Waals surface area contributed by atoms with Gasteiger partial charge in [0.05, 0.1) is 28.4 Å². The number of thiazole rings is 1. The maximum Gasteiger partial charge on any atom is 0.301 e. The van der Waals surface area contributed by atoms with Gasteiger partial charge in [-0.15, -0.1) is 0 Å². The van der Waals surface area contributed by atoms with Crippen LogP contribution >= 0.6 is 22.9 Å². The van der Waals surface area contributed by atoms with Crippen molar-refractivity contribution in [1.29, 1.82) is 0 Å². The largest absolute Gasteiger partial charge is 0.507 e. The van der Waals surface area contributed by atoms with Crippen molar-refractivity contribution in [3.63, 3.8) is 0 Å². The van der Waals surface area contributed by atoms with Crippen molar-refractivity contribution in [1.82, 2.24) is 4.98 Å². The number of hydrogen-bond donors (Lipinski definition) is 1. The number of Topliss-reactive ketones (excluding diaryl/α,β-unsaturated/α-hetero) is 1. The van der Waals surface area contributed by atoms with Crippen molar-refractivity contribution in [2.75, 3.05) is 11.5 Å². The van der Waals surface area contributed by atoms with Crippen molar-refractivity contribution in [2.24, 2.45) is 0 Å². The molecule has 1 aliphatic rings. The third-order valence-electron chi connectivity index (χ3n) is 6.12. The van der Waals surface area contributed by atoms with E-state index in [1.165, 1.54) is 16.2 Å². The van der Waals surface area contributed by atoms with Crippen molar-refractivity contribution in [2.45, 2.75) is 26.8 Å². The molecule has 0 saturated carbocycles. The number of aryl methyl sites for hydroxylation is 2. The van der Waals surface area contributed by atoms with Crippen LogP contribution in [0.5, 0.6) is 5.75 Å². The van der Waals surface area contributed by atoms with E-state index < -0.39 is 17.7 Å². The number of ether oxygens (including phenoxy) is 1. The lowest BCUT2D eigenvalue weighted by Crippen LogP contribution is -2.29. The number of carbonyl (C=O) groups is 2. The monoisotopic (exact) mass is 518 g/mol. The summed E-state index contributed by atoms with van der Waals surface area (Å²) in [6.07, 6.45) is 0. The Morgan fingerprint density at radius 3 is 2.67 bits per heavy atom. The second-order valence-electron chi connectivity index (χ2n) is 8.60. The van der Waals surface area contributed by atoms with E-state index in [4.69, 9.17) is 16.3 Å². The van der Waals surface area contributed by atoms with E-state index in [0.29, 0.717) is 39.2 Å². The summed E-state index contributed by atoms with van der Waals surface area (Å²) < 4.78 is 6.41. The van der Waals surface area contributed by atoms with Crippen molar-refractivity contribution < 1.29 is 19.4 Å². The average molecular weight is 519 g/mol. The minimum Gasteiger partial charge on any atom is -0.507 e. The minimum atomic E-state index is -0.893. The summed E-state index contributed by atoms with van der Waals surface area (Å²) in [5.74, 6) is -1.05. The zero-order valence-corrected chi connectivity index (χ0v) is 21.5. The van der Waals surface area contributed by atoms with Crippen molar-refractivity contribution in [3.05, 3.63) is 93.5 Å². The van der Waals surface area contributed by atoms with Gasteiger partial charge in [0.2, 0.25) is 0 Å². The molecule has 1 unspecified atom stereocenters. The molecule has 0 radical (unpaired) electrons. The lowest BCUT2D eigenvalue weighted by atomic mass is 9.93. The molecule has 2 heterocycles. The van der Waals surface area contributed by atoms with E-state index in [1.807, 2.05) is 51.1 Å². The molecule has 1 saturated heterocycles. The number of ketones is 1. The van der Waals surface area contributed by atoms with Crippen LogP contribution in [0.1, 0.15) is 35.2 Å². The first-order chi connectivity index (χ1) is 17.3. The number of amides is 1. The van der Waals surface area contributed by atoms with Gasteiger partial charge >= 0.3 is 5.91 Å². The van der Waals surface area contributed by atoms with E-state index in [1.54, 1.807) is 30.3 Å². The van der Waals surface area contributed by atoms with Crippen molar-refractivity contribution in [3.8, 4) is 5.75 Å². The van der Waals surface area contributed by atoms with Crippen LogP contribution in [0.25, 0.3) is 16.0 Å². The molecule has 3 aromatic carbocycles. The van der Waals surface area contributed by atoms with E-state index >= 15 is 0 Å². The minimum absolute atomic E-state index is 0.00484. The smallest absolute Gasteiger partial charge is 0.301 e. The van der Waals surface area contributed by atoms with Gasteiger partial charge in [0, 0.05) is 10.6 Å². The van der Waals surface area contributed by atoms with E-state index in [9.17, 15) is 14.7 Å². The Morgan fingerprint density at radius 2 is 1.92 bits per heavy atom. The van der Waals surface area contributed by atoms with Gasteiger partial charge in [0.1, 0.15) is 11.5 Å². The second-order valence-corrected chi connectivity index (χ2v) is 10.0. The summed E-state index contributed by atoms with van der Waals surface area (Å²) in [6, 6.07) is 17.2. The standard InChI is InChI=1S/C28H23ClN2O4S/c1-4-35-19-10-11-21-22(14-19)36-28(30-21)31-24(17-6-5-7-18(29)13-17)23(26(33)27(31)34)25(32)20-12-15(2)8-9-16(20)3/h5-14,24,32H,4H2,1-3H3/b25-23+. The molecule has 1 N–H and O–H groups in total. The SMILES string of the molecule is CCOc1ccc2nc(N3C(=O)C(=O)/C(=C(/O)c4cc(C)ccc4C)C3c3cccc(Cl)c3)sc2c1. The highest BCUT2D eigenvalue weighted by Gasteiger charge is 2.48. The van der Waals surface area contributed by atoms with Crippen LogP contribution in [0.15, 0.2) is 66.2 Å². The quantitative estimate of drug-likeness (QED) is 0.183. The van der Waals surface area contributed by atoms with Crippen LogP contribution < -0.4 is 9.64 Å². The summed E-state index contributed by atoms with van der Waals surface area (Å²) in [5.41, 5.74) is 3.50. The number of nitrogens with zero attached hydrogens (tertiary/aromatic N) is 2. The summed E-state index contributed by atoms with van der Waals surface area (Å²) >= 11 is 7.58. The molecule has 4 aromatic rings. The Balaban J connectivity index is 1.73. The molecule has 6 nitrogen and oxygen atoms in total. The average Bonchev–Trinajstić information content (AvgIpc) is 3.38. The molecule has 1 atom stereocenters. The fourth-order valence-corrected chi connectivity index (χ4v) is 5.63. The Labute approximate surface area is 217 Å². The zero-order chi connectivity index (χ0) is 25.6. The molecule has 1 amide bonds. The van der Waals surface area contributed by atoms with Gasteiger partial charge in [-0.05, 0) is 68.3 Å². The molecule has 182 valence electrons. The van der Waals surface area contributed by atoms with Gasteiger partial charge < -0.3 is 9.84 Å². The highest BCUT2D eigenvalue weighted by atomic mass is 35.5. The molecule has 0 bridgehead atoms. The van der Waals surface area contributed by atoms with E-state index in [-0.39, 0.29) is 11.3 Å². The zero-order valence-electron chi connectivity index (χ0n) is 19.9. The van der Waals surface area contributed by atoms with Crippen LogP contribution in [0.4, 0.5) is 5.13 Å². The Kier molecular flexibility index (Phi) is 6.28. The van der Waals surface area contributed by atoms with Crippen LogP contribution in [0.2, 0.25) is 5.02 Å². The number of aliphatic hydroxyl groups is 1. The first-order valence-electron chi connectivity index (χ1n) is 11.5. The number of fused-ring (bicyclic) bond motifs is 1. The number of benzene rings is 3. The van der Waals surface area contributed by atoms with Crippen molar-refractivity contribution >= 4 is 55.7 Å². The summed E-state index contributed by atoms with van der Waals surface area (Å²) in [7, 11) is 0. The molecule has 5 rings (SSSR count). The number of aliphatic hydroxyl groups excluding tert-OH is 1. The number of rotatable bonds is 5. The topological polar surface area (TPSA) is 79.7 Å². The van der Waals surface area contributed by atoms with Crippen LogP contribution in [-0.2, 0) is 9.59 Å². The number of anilines is 1. The lowest BCUT2D eigenvalue weighted by Gasteiger charge is -2.23. The van der Waals surface area contributed by atoms with Gasteiger partial charge in [-0.2, -0.15) is 0 Å². The highest BCUT2D eigenvalue weighted by Crippen LogP contribution is 2.45. The first-order valence-corrected chi connectivity index (χ1v) is 12.7. The number of carbonyl (C=O) groups excluding carboxylic acids is 2. The van der Waals surface area contributed by atoms with Gasteiger partial charge in [-0.3, -0.25) is 14.5 Å². The third kappa shape index (κ3) is 4.14. The highest BCUT2D eigenvalue weighted by molar-refractivity contribution is 7.22. The second kappa shape index (κ2) is 9.41. The van der Waals surface area contributed by atoms with Gasteiger partial charge in [-0.25, -0.2) is 4.98 Å². The molecule has 1 fully saturated rings. The molecular weight excluding hydrogens is 496 g/mol.